The number of hydrogen-bond donors (Lipinski definition) is 2. The van der Waals surface area contributed by atoms with E-state index in [9.17, 15) is 9.59 Å². The van der Waals surface area contributed by atoms with E-state index in [-0.39, 0.29) is 11.8 Å². The zero-order valence-corrected chi connectivity index (χ0v) is 12.6. The first kappa shape index (κ1) is 15.8. The van der Waals surface area contributed by atoms with Crippen LogP contribution < -0.4 is 10.6 Å². The summed E-state index contributed by atoms with van der Waals surface area (Å²) in [4.78, 5) is 24.4. The van der Waals surface area contributed by atoms with Gasteiger partial charge in [0.05, 0.1) is 0 Å². The van der Waals surface area contributed by atoms with Crippen molar-refractivity contribution in [3.8, 4) is 0 Å². The maximum absolute atomic E-state index is 12.5. The Morgan fingerprint density at radius 1 is 0.955 bits per heavy atom. The molecule has 0 aliphatic heterocycles. The van der Waals surface area contributed by atoms with Crippen LogP contribution in [0.3, 0.4) is 0 Å². The molecule has 2 aromatic rings. The number of para-hydroxylation sites is 1. The van der Waals surface area contributed by atoms with Gasteiger partial charge in [-0.15, -0.1) is 0 Å². The summed E-state index contributed by atoms with van der Waals surface area (Å²) >= 11 is 0. The Bertz CT molecular complexity index is 611. The van der Waals surface area contributed by atoms with Crippen molar-refractivity contribution < 1.29 is 9.59 Å². The van der Waals surface area contributed by atoms with Crippen LogP contribution in [0.25, 0.3) is 0 Å². The lowest BCUT2D eigenvalue weighted by molar-refractivity contribution is -0.126. The fourth-order valence-corrected chi connectivity index (χ4v) is 2.14. The van der Waals surface area contributed by atoms with Gasteiger partial charge in [0.15, 0.2) is 0 Å². The molecule has 2 rings (SSSR count). The number of nitrogens with one attached hydrogen (secondary N) is 2. The maximum atomic E-state index is 12.5. The molecule has 114 valence electrons. The first-order chi connectivity index (χ1) is 10.7. The Labute approximate surface area is 130 Å². The number of benzene rings is 2. The smallest absolute Gasteiger partial charge is 0.251 e. The largest absolute Gasteiger partial charge is 0.341 e. The van der Waals surface area contributed by atoms with E-state index >= 15 is 0 Å². The average molecular weight is 296 g/mol. The molecule has 0 aliphatic rings. The molecule has 0 bridgehead atoms. The molecule has 0 heterocycles. The van der Waals surface area contributed by atoms with Crippen molar-refractivity contribution >= 4 is 17.5 Å². The van der Waals surface area contributed by atoms with Gasteiger partial charge in [0.2, 0.25) is 5.91 Å². The second-order valence-electron chi connectivity index (χ2n) is 5.02. The fraction of sp³-hybridized carbons (Fsp3) is 0.222. The Hall–Kier alpha value is -2.62. The summed E-state index contributed by atoms with van der Waals surface area (Å²) in [6.07, 6.45) is 1.15. The molecule has 0 aromatic heterocycles. The molecule has 2 N–H and O–H groups in total. The van der Waals surface area contributed by atoms with Crippen LogP contribution in [0.15, 0.2) is 60.7 Å². The number of amides is 2. The lowest BCUT2D eigenvalue weighted by Gasteiger charge is -2.19. The van der Waals surface area contributed by atoms with E-state index in [1.807, 2.05) is 67.6 Å². The minimum absolute atomic E-state index is 0.125. The molecular formula is C18H20N2O2. The molecule has 0 aliphatic carbocycles. The highest BCUT2D eigenvalue weighted by molar-refractivity contribution is 5.97. The van der Waals surface area contributed by atoms with Crippen molar-refractivity contribution in [1.82, 2.24) is 5.32 Å². The molecular weight excluding hydrogens is 276 g/mol. The summed E-state index contributed by atoms with van der Waals surface area (Å²) in [7, 11) is 0. The Morgan fingerprint density at radius 2 is 1.55 bits per heavy atom. The summed E-state index contributed by atoms with van der Waals surface area (Å²) in [5.74, 6) is -0.374. The molecule has 0 saturated carbocycles. The normalized spacial score (nSPS) is 11.5. The standard InChI is InChI=1S/C18H20N2O2/c1-2-9-16(21)20-17(14-10-5-3-6-11-14)18(22)19-15-12-7-4-8-13-15/h3-8,10-13,17H,2,9H2,1H3,(H,19,22)(H,20,21)/t17-/m1/s1. The lowest BCUT2D eigenvalue weighted by Crippen LogP contribution is -2.36. The van der Waals surface area contributed by atoms with Crippen molar-refractivity contribution in [2.24, 2.45) is 0 Å². The fourth-order valence-electron chi connectivity index (χ4n) is 2.14. The molecule has 0 saturated heterocycles. The number of anilines is 1. The number of rotatable bonds is 6. The zero-order chi connectivity index (χ0) is 15.8. The van der Waals surface area contributed by atoms with Gasteiger partial charge >= 0.3 is 0 Å². The summed E-state index contributed by atoms with van der Waals surface area (Å²) < 4.78 is 0. The van der Waals surface area contributed by atoms with Crippen molar-refractivity contribution in [3.05, 3.63) is 66.2 Å². The maximum Gasteiger partial charge on any atom is 0.251 e. The summed E-state index contributed by atoms with van der Waals surface area (Å²) in [6.45, 7) is 1.93. The Balaban J connectivity index is 2.16. The molecule has 2 aromatic carbocycles. The van der Waals surface area contributed by atoms with E-state index < -0.39 is 6.04 Å². The highest BCUT2D eigenvalue weighted by Crippen LogP contribution is 2.16. The summed E-state index contributed by atoms with van der Waals surface area (Å²) in [6, 6.07) is 17.8. The first-order valence-corrected chi connectivity index (χ1v) is 7.41. The SMILES string of the molecule is CCCC(=O)N[C@@H](C(=O)Nc1ccccc1)c1ccccc1. The van der Waals surface area contributed by atoms with Crippen LogP contribution >= 0.6 is 0 Å². The summed E-state index contributed by atoms with van der Waals surface area (Å²) in [5, 5.41) is 5.64. The van der Waals surface area contributed by atoms with E-state index in [1.54, 1.807) is 0 Å². The van der Waals surface area contributed by atoms with Gasteiger partial charge in [-0.3, -0.25) is 9.59 Å². The lowest BCUT2D eigenvalue weighted by atomic mass is 10.1. The number of carbonyl (C=O) groups excluding carboxylic acids is 2. The monoisotopic (exact) mass is 296 g/mol. The van der Waals surface area contributed by atoms with Gasteiger partial charge < -0.3 is 10.6 Å². The van der Waals surface area contributed by atoms with Crippen molar-refractivity contribution in [2.45, 2.75) is 25.8 Å². The third-order valence-electron chi connectivity index (χ3n) is 3.22. The molecule has 0 fully saturated rings. The summed E-state index contributed by atoms with van der Waals surface area (Å²) in [5.41, 5.74) is 1.47. The van der Waals surface area contributed by atoms with Crippen molar-refractivity contribution in [2.75, 3.05) is 5.32 Å². The van der Waals surface area contributed by atoms with Gasteiger partial charge in [-0.25, -0.2) is 0 Å². The van der Waals surface area contributed by atoms with Crippen LogP contribution in [0, 0.1) is 0 Å². The van der Waals surface area contributed by atoms with Crippen molar-refractivity contribution in [1.29, 1.82) is 0 Å². The van der Waals surface area contributed by atoms with Crippen LogP contribution in [-0.2, 0) is 9.59 Å². The third kappa shape index (κ3) is 4.45. The molecule has 22 heavy (non-hydrogen) atoms. The highest BCUT2D eigenvalue weighted by Gasteiger charge is 2.22. The Kier molecular flexibility index (Phi) is 5.72. The van der Waals surface area contributed by atoms with Crippen LogP contribution in [0.5, 0.6) is 0 Å². The van der Waals surface area contributed by atoms with Gasteiger partial charge in [0.1, 0.15) is 6.04 Å². The van der Waals surface area contributed by atoms with Crippen LogP contribution in [0.1, 0.15) is 31.4 Å². The molecule has 4 heteroatoms. The average Bonchev–Trinajstić information content (AvgIpc) is 2.54. The van der Waals surface area contributed by atoms with Crippen LogP contribution in [0.2, 0.25) is 0 Å². The number of carbonyl (C=O) groups is 2. The minimum Gasteiger partial charge on any atom is -0.341 e. The first-order valence-electron chi connectivity index (χ1n) is 7.41. The quantitative estimate of drug-likeness (QED) is 0.859. The van der Waals surface area contributed by atoms with E-state index in [0.717, 1.165) is 12.0 Å². The molecule has 0 unspecified atom stereocenters. The second kappa shape index (κ2) is 7.98. The minimum atomic E-state index is -0.694. The van der Waals surface area contributed by atoms with Crippen LogP contribution in [0.4, 0.5) is 5.69 Å². The third-order valence-corrected chi connectivity index (χ3v) is 3.22. The van der Waals surface area contributed by atoms with Gasteiger partial charge in [-0.05, 0) is 24.1 Å². The molecule has 0 radical (unpaired) electrons. The van der Waals surface area contributed by atoms with Crippen LogP contribution in [-0.4, -0.2) is 11.8 Å². The predicted molar refractivity (Wildman–Crippen MR) is 87.3 cm³/mol. The Morgan fingerprint density at radius 3 is 2.14 bits per heavy atom. The van der Waals surface area contributed by atoms with Gasteiger partial charge in [-0.1, -0.05) is 55.5 Å². The van der Waals surface area contributed by atoms with E-state index in [2.05, 4.69) is 10.6 Å². The van der Waals surface area contributed by atoms with Gasteiger partial charge in [0.25, 0.3) is 5.91 Å². The second-order valence-corrected chi connectivity index (χ2v) is 5.02. The molecule has 4 nitrogen and oxygen atoms in total. The van der Waals surface area contributed by atoms with Gasteiger partial charge in [-0.2, -0.15) is 0 Å². The zero-order valence-electron chi connectivity index (χ0n) is 12.6. The number of hydrogen-bond acceptors (Lipinski definition) is 2. The molecule has 0 spiro atoms. The highest BCUT2D eigenvalue weighted by atomic mass is 16.2. The van der Waals surface area contributed by atoms with E-state index in [4.69, 9.17) is 0 Å². The van der Waals surface area contributed by atoms with Crippen molar-refractivity contribution in [3.63, 3.8) is 0 Å². The van der Waals surface area contributed by atoms with Gasteiger partial charge in [0, 0.05) is 12.1 Å². The molecule has 1 atom stereocenters. The van der Waals surface area contributed by atoms with E-state index in [1.165, 1.54) is 0 Å². The predicted octanol–water partition coefficient (Wildman–Crippen LogP) is 3.28. The van der Waals surface area contributed by atoms with E-state index in [0.29, 0.717) is 12.1 Å². The topological polar surface area (TPSA) is 58.2 Å². The molecule has 2 amide bonds.